The zero-order valence-corrected chi connectivity index (χ0v) is 16.6. The maximum atomic E-state index is 12.6. The lowest BCUT2D eigenvalue weighted by molar-refractivity contribution is -0.0946. The number of ether oxygens (including phenoxy) is 2. The summed E-state index contributed by atoms with van der Waals surface area (Å²) >= 11 is 0. The Morgan fingerprint density at radius 1 is 1.23 bits per heavy atom. The first-order chi connectivity index (χ1) is 11.7. The number of carbonyl (C=O) groups is 2. The second-order valence-electron chi connectivity index (χ2n) is 9.08. The van der Waals surface area contributed by atoms with E-state index in [-0.39, 0.29) is 36.2 Å². The Hall–Kier alpha value is -1.21. The monoisotopic (exact) mass is 387 g/mol. The van der Waals surface area contributed by atoms with Crippen LogP contribution in [0.1, 0.15) is 52.9 Å². The van der Waals surface area contributed by atoms with Crippen LogP contribution in [-0.2, 0) is 9.47 Å². The largest absolute Gasteiger partial charge is 0.444 e. The van der Waals surface area contributed by atoms with Crippen LogP contribution in [0.3, 0.4) is 0 Å². The fraction of sp³-hybridized carbons (Fsp3) is 0.889. The lowest BCUT2D eigenvalue weighted by Gasteiger charge is -2.51. The van der Waals surface area contributed by atoms with Crippen LogP contribution in [0.4, 0.5) is 9.59 Å². The van der Waals surface area contributed by atoms with E-state index in [9.17, 15) is 9.59 Å². The lowest BCUT2D eigenvalue weighted by atomic mass is 9.83. The third-order valence-electron chi connectivity index (χ3n) is 5.87. The number of hydrogen-bond acceptors (Lipinski definition) is 5. The van der Waals surface area contributed by atoms with Gasteiger partial charge in [0, 0.05) is 51.0 Å². The number of rotatable bonds is 1. The topological polar surface area (TPSA) is 71.1 Å². The predicted molar refractivity (Wildman–Crippen MR) is 98.6 cm³/mol. The van der Waals surface area contributed by atoms with Gasteiger partial charge in [0.1, 0.15) is 11.2 Å². The van der Waals surface area contributed by atoms with Gasteiger partial charge in [-0.1, -0.05) is 0 Å². The molecule has 4 aliphatic heterocycles. The maximum Gasteiger partial charge on any atom is 0.410 e. The minimum atomic E-state index is -0.493. The molecule has 7 nitrogen and oxygen atoms in total. The minimum absolute atomic E-state index is 0. The summed E-state index contributed by atoms with van der Waals surface area (Å²) in [5, 5.41) is 3.61. The standard InChI is InChI=1S/C18H29N3O4.ClH/c1-17(2,3)24-15(22)20-10-14(11-20)21-7-6-18(25-16(21)23)8-12-4-5-13(9-18)19-12;/h12-14,19H,4-11H2,1-3H3;1H/t12-,13+,18?;. The molecule has 0 saturated carbocycles. The Bertz CT molecular complexity index is 561. The molecule has 26 heavy (non-hydrogen) atoms. The molecule has 4 fully saturated rings. The van der Waals surface area contributed by atoms with Gasteiger partial charge in [-0.3, -0.25) is 0 Å². The number of likely N-dealkylation sites (tertiary alicyclic amines) is 1. The van der Waals surface area contributed by atoms with E-state index in [2.05, 4.69) is 5.32 Å². The first-order valence-electron chi connectivity index (χ1n) is 9.47. The van der Waals surface area contributed by atoms with E-state index in [4.69, 9.17) is 9.47 Å². The van der Waals surface area contributed by atoms with Crippen molar-refractivity contribution in [3.63, 3.8) is 0 Å². The van der Waals surface area contributed by atoms with E-state index in [1.54, 1.807) is 9.80 Å². The van der Waals surface area contributed by atoms with E-state index >= 15 is 0 Å². The van der Waals surface area contributed by atoms with Gasteiger partial charge in [-0.2, -0.15) is 0 Å². The first-order valence-corrected chi connectivity index (χ1v) is 9.47. The second kappa shape index (κ2) is 6.75. The number of piperidine rings is 1. The molecule has 4 saturated heterocycles. The molecule has 3 atom stereocenters. The molecular formula is C18H30ClN3O4. The first kappa shape index (κ1) is 19.5. The SMILES string of the molecule is CC(C)(C)OC(=O)N1CC(N2CCC3(C[C@H]4CC[C@@H](C3)N4)OC2=O)C1.Cl. The quantitative estimate of drug-likeness (QED) is 0.748. The number of amides is 2. The third kappa shape index (κ3) is 3.74. The molecule has 0 aromatic carbocycles. The lowest BCUT2D eigenvalue weighted by Crippen LogP contribution is -2.66. The van der Waals surface area contributed by atoms with Crippen LogP contribution in [0.25, 0.3) is 0 Å². The van der Waals surface area contributed by atoms with Gasteiger partial charge in [-0.25, -0.2) is 9.59 Å². The van der Waals surface area contributed by atoms with Crippen molar-refractivity contribution < 1.29 is 19.1 Å². The van der Waals surface area contributed by atoms with Crippen molar-refractivity contribution in [2.24, 2.45) is 0 Å². The molecule has 1 spiro atoms. The van der Waals surface area contributed by atoms with Crippen LogP contribution < -0.4 is 5.32 Å². The van der Waals surface area contributed by atoms with Gasteiger partial charge in [0.15, 0.2) is 0 Å². The van der Waals surface area contributed by atoms with Gasteiger partial charge < -0.3 is 24.6 Å². The number of nitrogens with zero attached hydrogens (tertiary/aromatic N) is 2. The van der Waals surface area contributed by atoms with E-state index in [1.807, 2.05) is 20.8 Å². The van der Waals surface area contributed by atoms with Gasteiger partial charge >= 0.3 is 12.2 Å². The molecule has 1 N–H and O–H groups in total. The number of halogens is 1. The summed E-state index contributed by atoms with van der Waals surface area (Å²) in [7, 11) is 0. The van der Waals surface area contributed by atoms with Crippen molar-refractivity contribution in [3.05, 3.63) is 0 Å². The molecule has 4 aliphatic rings. The summed E-state index contributed by atoms with van der Waals surface area (Å²) in [4.78, 5) is 28.1. The van der Waals surface area contributed by atoms with Gasteiger partial charge in [-0.05, 0) is 33.6 Å². The Kier molecular flexibility index (Phi) is 5.07. The summed E-state index contributed by atoms with van der Waals surface area (Å²) in [6.07, 6.45) is 4.66. The molecule has 2 bridgehead atoms. The van der Waals surface area contributed by atoms with Gasteiger partial charge in [0.05, 0.1) is 6.04 Å². The zero-order valence-electron chi connectivity index (χ0n) is 15.8. The third-order valence-corrected chi connectivity index (χ3v) is 5.87. The molecule has 4 heterocycles. The van der Waals surface area contributed by atoms with E-state index < -0.39 is 5.60 Å². The fourth-order valence-electron chi connectivity index (χ4n) is 4.66. The number of nitrogens with one attached hydrogen (secondary N) is 1. The van der Waals surface area contributed by atoms with Gasteiger partial charge in [-0.15, -0.1) is 12.4 Å². The number of hydrogen-bond donors (Lipinski definition) is 1. The van der Waals surface area contributed by atoms with E-state index in [1.165, 1.54) is 12.8 Å². The van der Waals surface area contributed by atoms with Gasteiger partial charge in [0.25, 0.3) is 0 Å². The Labute approximate surface area is 161 Å². The number of fused-ring (bicyclic) bond motifs is 2. The molecule has 0 aromatic heterocycles. The van der Waals surface area contributed by atoms with Crippen LogP contribution in [-0.4, -0.2) is 70.9 Å². The molecule has 4 rings (SSSR count). The maximum absolute atomic E-state index is 12.6. The summed E-state index contributed by atoms with van der Waals surface area (Å²) in [5.41, 5.74) is -0.758. The van der Waals surface area contributed by atoms with Crippen LogP contribution in [0.15, 0.2) is 0 Å². The van der Waals surface area contributed by atoms with Crippen LogP contribution in [0.2, 0.25) is 0 Å². The van der Waals surface area contributed by atoms with E-state index in [0.717, 1.165) is 25.8 Å². The molecule has 1 unspecified atom stereocenters. The van der Waals surface area contributed by atoms with Crippen molar-refractivity contribution >= 4 is 24.6 Å². The van der Waals surface area contributed by atoms with Crippen molar-refractivity contribution in [1.82, 2.24) is 15.1 Å². The molecule has 148 valence electrons. The highest BCUT2D eigenvalue weighted by Gasteiger charge is 2.51. The summed E-state index contributed by atoms with van der Waals surface area (Å²) in [6.45, 7) is 7.36. The highest BCUT2D eigenvalue weighted by atomic mass is 35.5. The van der Waals surface area contributed by atoms with Crippen molar-refractivity contribution in [3.8, 4) is 0 Å². The Morgan fingerprint density at radius 3 is 2.38 bits per heavy atom. The normalized spacial score (nSPS) is 34.2. The average molecular weight is 388 g/mol. The summed E-state index contributed by atoms with van der Waals surface area (Å²) < 4.78 is 11.3. The van der Waals surface area contributed by atoms with Crippen molar-refractivity contribution in [2.45, 2.75) is 82.2 Å². The summed E-state index contributed by atoms with van der Waals surface area (Å²) in [5.74, 6) is 0. The molecular weight excluding hydrogens is 358 g/mol. The number of carbonyl (C=O) groups excluding carboxylic acids is 2. The van der Waals surface area contributed by atoms with Gasteiger partial charge in [0.2, 0.25) is 0 Å². The molecule has 2 amide bonds. The Balaban J connectivity index is 0.00000196. The van der Waals surface area contributed by atoms with Crippen LogP contribution in [0, 0.1) is 0 Å². The van der Waals surface area contributed by atoms with Crippen LogP contribution in [0.5, 0.6) is 0 Å². The van der Waals surface area contributed by atoms with Crippen molar-refractivity contribution in [1.29, 1.82) is 0 Å². The van der Waals surface area contributed by atoms with Crippen molar-refractivity contribution in [2.75, 3.05) is 19.6 Å². The van der Waals surface area contributed by atoms with Crippen LogP contribution >= 0.6 is 12.4 Å². The predicted octanol–water partition coefficient (Wildman–Crippen LogP) is 2.52. The smallest absolute Gasteiger partial charge is 0.410 e. The molecule has 8 heteroatoms. The summed E-state index contributed by atoms with van der Waals surface area (Å²) in [6, 6.07) is 1.06. The molecule has 0 aromatic rings. The highest BCUT2D eigenvalue weighted by molar-refractivity contribution is 5.85. The average Bonchev–Trinajstić information content (AvgIpc) is 2.77. The minimum Gasteiger partial charge on any atom is -0.444 e. The van der Waals surface area contributed by atoms with E-state index in [0.29, 0.717) is 25.2 Å². The molecule has 0 radical (unpaired) electrons. The second-order valence-corrected chi connectivity index (χ2v) is 9.08. The fourth-order valence-corrected chi connectivity index (χ4v) is 4.66. The molecule has 0 aliphatic carbocycles. The Morgan fingerprint density at radius 2 is 1.85 bits per heavy atom. The highest BCUT2D eigenvalue weighted by Crippen LogP contribution is 2.41. The zero-order chi connectivity index (χ0) is 17.8.